The zero-order chi connectivity index (χ0) is 40.4. The minimum Gasteiger partial charge on any atom is -0.455 e. The summed E-state index contributed by atoms with van der Waals surface area (Å²) < 4.78 is 7.00. The molecule has 9 aromatic carbocycles. The largest absolute Gasteiger partial charge is 0.455 e. The molecule has 3 aliphatic carbocycles. The summed E-state index contributed by atoms with van der Waals surface area (Å²) >= 11 is 0. The molecule has 1 heterocycles. The first-order chi connectivity index (χ1) is 29.0. The maximum absolute atomic E-state index is 7.00. The number of fused-ring (bicyclic) bond motifs is 16. The lowest BCUT2D eigenvalue weighted by molar-refractivity contribution is 0.649. The van der Waals surface area contributed by atoms with Crippen LogP contribution in [0.25, 0.3) is 99.1 Å². The highest BCUT2D eigenvalue weighted by Gasteiger charge is 2.45. The normalized spacial score (nSPS) is 15.9. The Morgan fingerprint density at radius 3 is 1.45 bits per heavy atom. The van der Waals surface area contributed by atoms with Gasteiger partial charge in [0, 0.05) is 38.1 Å². The van der Waals surface area contributed by atoms with E-state index in [9.17, 15) is 0 Å². The van der Waals surface area contributed by atoms with E-state index in [-0.39, 0.29) is 16.2 Å². The van der Waals surface area contributed by atoms with Crippen LogP contribution in [0.2, 0.25) is 0 Å². The van der Waals surface area contributed by atoms with E-state index in [2.05, 4.69) is 199 Å². The minimum atomic E-state index is -0.223. The molecule has 0 amide bonds. The van der Waals surface area contributed by atoms with E-state index >= 15 is 0 Å². The Hall–Kier alpha value is -6.70. The third-order valence-corrected chi connectivity index (χ3v) is 15.1. The molecule has 13 rings (SSSR count). The molecule has 0 radical (unpaired) electrons. The van der Waals surface area contributed by atoms with Gasteiger partial charge in [-0.05, 0) is 130 Å². The van der Waals surface area contributed by atoms with E-state index in [1.807, 2.05) is 0 Å². The molecule has 0 atom stereocenters. The first-order valence-electron chi connectivity index (χ1n) is 21.5. The number of benzene rings is 9. The average molecular weight is 769 g/mol. The van der Waals surface area contributed by atoms with Crippen molar-refractivity contribution in [1.29, 1.82) is 0 Å². The van der Waals surface area contributed by atoms with Crippen LogP contribution in [0.15, 0.2) is 162 Å². The van der Waals surface area contributed by atoms with Crippen LogP contribution in [0.4, 0.5) is 0 Å². The molecular weight excluding hydrogens is 725 g/mol. The molecule has 0 unspecified atom stereocenters. The molecule has 3 aliphatic rings. The van der Waals surface area contributed by atoms with Gasteiger partial charge in [0.2, 0.25) is 0 Å². The van der Waals surface area contributed by atoms with E-state index in [1.165, 1.54) is 93.9 Å². The second-order valence-electron chi connectivity index (χ2n) is 19.2. The monoisotopic (exact) mass is 768 g/mol. The van der Waals surface area contributed by atoms with Gasteiger partial charge in [-0.1, -0.05) is 169 Å². The Kier molecular flexibility index (Phi) is 6.45. The Balaban J connectivity index is 1.01. The molecule has 0 bridgehead atoms. The van der Waals surface area contributed by atoms with Crippen molar-refractivity contribution >= 4 is 43.5 Å². The number of furan rings is 1. The van der Waals surface area contributed by atoms with E-state index in [1.54, 1.807) is 0 Å². The summed E-state index contributed by atoms with van der Waals surface area (Å²) in [4.78, 5) is 0. The van der Waals surface area contributed by atoms with Gasteiger partial charge < -0.3 is 4.42 Å². The summed E-state index contributed by atoms with van der Waals surface area (Å²) in [7, 11) is 0. The summed E-state index contributed by atoms with van der Waals surface area (Å²) in [6.45, 7) is 14.6. The highest BCUT2D eigenvalue weighted by molar-refractivity contribution is 6.17. The number of para-hydroxylation sites is 2. The average Bonchev–Trinajstić information content (AvgIpc) is 3.91. The van der Waals surface area contributed by atoms with Gasteiger partial charge in [-0.2, -0.15) is 0 Å². The summed E-state index contributed by atoms with van der Waals surface area (Å²) in [6.07, 6.45) is 0. The van der Waals surface area contributed by atoms with Crippen LogP contribution in [0.5, 0.6) is 0 Å². The van der Waals surface area contributed by atoms with Gasteiger partial charge in [0.1, 0.15) is 11.2 Å². The van der Waals surface area contributed by atoms with Gasteiger partial charge in [-0.25, -0.2) is 0 Å². The summed E-state index contributed by atoms with van der Waals surface area (Å²) in [5, 5.41) is 7.51. The summed E-state index contributed by atoms with van der Waals surface area (Å²) in [5.74, 6) is 0. The van der Waals surface area contributed by atoms with Gasteiger partial charge >= 0.3 is 0 Å². The zero-order valence-electron chi connectivity index (χ0n) is 34.9. The van der Waals surface area contributed by atoms with E-state index in [0.717, 1.165) is 38.6 Å². The Morgan fingerprint density at radius 2 is 0.767 bits per heavy atom. The number of rotatable bonds is 2. The molecule has 0 N–H and O–H groups in total. The molecule has 0 saturated carbocycles. The second kappa shape index (κ2) is 11.3. The SMILES string of the molecule is CC1(C)c2cc3c(cc2-c2cc4c(cc21)-c1c(cc(-c2cccc5c2oc2c(-c6ccccc6)cccc25)c2ccccc12)C4(C)C)C(C)(C)c1ccc2ccccc2c1-3. The first kappa shape index (κ1) is 34.2. The fraction of sp³-hybridized carbons (Fsp3) is 0.153. The number of hydrogen-bond acceptors (Lipinski definition) is 1. The molecule has 10 aromatic rings. The van der Waals surface area contributed by atoms with E-state index < -0.39 is 0 Å². The minimum absolute atomic E-state index is 0.0933. The van der Waals surface area contributed by atoms with Crippen molar-refractivity contribution in [3.8, 4) is 55.6 Å². The molecule has 1 nitrogen and oxygen atoms in total. The molecule has 0 saturated heterocycles. The van der Waals surface area contributed by atoms with Crippen LogP contribution in [0.3, 0.4) is 0 Å². The van der Waals surface area contributed by atoms with Gasteiger partial charge in [0.25, 0.3) is 0 Å². The third-order valence-electron chi connectivity index (χ3n) is 15.1. The fourth-order valence-corrected chi connectivity index (χ4v) is 11.9. The first-order valence-corrected chi connectivity index (χ1v) is 21.5. The predicted molar refractivity (Wildman–Crippen MR) is 252 cm³/mol. The van der Waals surface area contributed by atoms with Gasteiger partial charge in [0.15, 0.2) is 0 Å². The van der Waals surface area contributed by atoms with Crippen molar-refractivity contribution in [2.75, 3.05) is 0 Å². The molecule has 60 heavy (non-hydrogen) atoms. The second-order valence-corrected chi connectivity index (χ2v) is 19.2. The van der Waals surface area contributed by atoms with Crippen molar-refractivity contribution in [2.45, 2.75) is 57.8 Å². The van der Waals surface area contributed by atoms with Gasteiger partial charge in [0.05, 0.1) is 0 Å². The maximum Gasteiger partial charge on any atom is 0.143 e. The van der Waals surface area contributed by atoms with Crippen molar-refractivity contribution in [3.63, 3.8) is 0 Å². The molecule has 1 heteroatoms. The predicted octanol–water partition coefficient (Wildman–Crippen LogP) is 16.1. The van der Waals surface area contributed by atoms with Gasteiger partial charge in [-0.15, -0.1) is 0 Å². The quantitative estimate of drug-likeness (QED) is 0.171. The Labute approximate surface area is 351 Å². The highest BCUT2D eigenvalue weighted by Crippen LogP contribution is 2.61. The molecule has 1 aromatic heterocycles. The summed E-state index contributed by atoms with van der Waals surface area (Å²) in [5.41, 5.74) is 22.9. The van der Waals surface area contributed by atoms with E-state index in [4.69, 9.17) is 4.42 Å². The van der Waals surface area contributed by atoms with Crippen LogP contribution in [-0.2, 0) is 16.2 Å². The van der Waals surface area contributed by atoms with Crippen LogP contribution in [-0.4, -0.2) is 0 Å². The van der Waals surface area contributed by atoms with Crippen LogP contribution in [0.1, 0.15) is 74.9 Å². The lowest BCUT2D eigenvalue weighted by Gasteiger charge is -2.25. The molecule has 286 valence electrons. The molecular formula is C59H44O. The standard InChI is InChI=1S/C59H44O/c1-57(2)47-27-26-34-18-10-11-19-35(34)53(47)45-31-48-43(29-50(45)57)44-30-51-46(32-49(44)58(48,3)4)54-38-21-13-12-20-37(38)42(28-52(54)59(51,5)6)41-25-15-24-40-39-23-14-22-36(55(39)60-56(40)41)33-16-8-7-9-17-33/h7-32H,1-6H3. The molecule has 0 fully saturated rings. The molecule has 0 aliphatic heterocycles. The van der Waals surface area contributed by atoms with Crippen molar-refractivity contribution in [2.24, 2.45) is 0 Å². The Bertz CT molecular complexity index is 3550. The van der Waals surface area contributed by atoms with Crippen LogP contribution in [0, 0.1) is 0 Å². The Morgan fingerprint density at radius 1 is 0.300 bits per heavy atom. The summed E-state index contributed by atoms with van der Waals surface area (Å²) in [6, 6.07) is 59.2. The highest BCUT2D eigenvalue weighted by atomic mass is 16.3. The third kappa shape index (κ3) is 4.18. The van der Waals surface area contributed by atoms with Crippen molar-refractivity contribution < 1.29 is 4.42 Å². The topological polar surface area (TPSA) is 13.1 Å². The zero-order valence-corrected chi connectivity index (χ0v) is 34.9. The lowest BCUT2D eigenvalue weighted by atomic mass is 9.78. The van der Waals surface area contributed by atoms with Crippen molar-refractivity contribution in [1.82, 2.24) is 0 Å². The van der Waals surface area contributed by atoms with Crippen LogP contribution < -0.4 is 0 Å². The van der Waals surface area contributed by atoms with Gasteiger partial charge in [-0.3, -0.25) is 0 Å². The van der Waals surface area contributed by atoms with Crippen molar-refractivity contribution in [3.05, 3.63) is 191 Å². The molecule has 0 spiro atoms. The fourth-order valence-electron chi connectivity index (χ4n) is 11.9. The lowest BCUT2D eigenvalue weighted by Crippen LogP contribution is -2.17. The number of hydrogen-bond donors (Lipinski definition) is 0. The van der Waals surface area contributed by atoms with E-state index in [0.29, 0.717) is 0 Å². The maximum atomic E-state index is 7.00. The smallest absolute Gasteiger partial charge is 0.143 e. The van der Waals surface area contributed by atoms with Crippen LogP contribution >= 0.6 is 0 Å².